The number of ether oxygens (including phenoxy) is 2. The minimum Gasteiger partial charge on any atom is -0.486 e. The van der Waals surface area contributed by atoms with Crippen LogP contribution in [-0.2, 0) is 6.54 Å². The monoisotopic (exact) mass is 304 g/mol. The highest BCUT2D eigenvalue weighted by molar-refractivity contribution is 5.47. The van der Waals surface area contributed by atoms with Gasteiger partial charge in [0.15, 0.2) is 11.5 Å². The molecule has 0 aliphatic carbocycles. The maximum absolute atomic E-state index is 5.76. The van der Waals surface area contributed by atoms with Crippen LogP contribution in [0.15, 0.2) is 18.2 Å². The molecule has 2 aliphatic rings. The molecule has 3 rings (SSSR count). The van der Waals surface area contributed by atoms with Gasteiger partial charge in [-0.05, 0) is 44.5 Å². The van der Waals surface area contributed by atoms with Crippen molar-refractivity contribution in [2.45, 2.75) is 32.7 Å². The van der Waals surface area contributed by atoms with E-state index in [-0.39, 0.29) is 0 Å². The summed E-state index contributed by atoms with van der Waals surface area (Å²) in [5.41, 5.74) is 1.20. The first-order chi connectivity index (χ1) is 10.8. The highest BCUT2D eigenvalue weighted by Gasteiger charge is 2.16. The molecule has 2 aliphatic heterocycles. The number of benzene rings is 1. The quantitative estimate of drug-likeness (QED) is 0.876. The molecule has 4 nitrogen and oxygen atoms in total. The average molecular weight is 304 g/mol. The second kappa shape index (κ2) is 7.84. The van der Waals surface area contributed by atoms with Crippen molar-refractivity contribution in [1.29, 1.82) is 0 Å². The molecular formula is C18H28N2O2. The maximum Gasteiger partial charge on any atom is 0.165 e. The van der Waals surface area contributed by atoms with E-state index >= 15 is 0 Å². The van der Waals surface area contributed by atoms with Gasteiger partial charge in [0.25, 0.3) is 0 Å². The van der Waals surface area contributed by atoms with E-state index in [1.54, 1.807) is 0 Å². The van der Waals surface area contributed by atoms with Gasteiger partial charge in [-0.15, -0.1) is 0 Å². The third-order valence-corrected chi connectivity index (χ3v) is 4.47. The maximum atomic E-state index is 5.76. The number of nitrogens with one attached hydrogen (secondary N) is 1. The molecule has 122 valence electrons. The van der Waals surface area contributed by atoms with Crippen molar-refractivity contribution in [3.63, 3.8) is 0 Å². The summed E-state index contributed by atoms with van der Waals surface area (Å²) in [6, 6.07) is 6.15. The summed E-state index contributed by atoms with van der Waals surface area (Å²) in [5.74, 6) is 2.48. The molecule has 1 aromatic rings. The summed E-state index contributed by atoms with van der Waals surface area (Å²) >= 11 is 0. The number of para-hydroxylation sites is 1. The molecule has 1 N–H and O–H groups in total. The van der Waals surface area contributed by atoms with Gasteiger partial charge in [-0.3, -0.25) is 0 Å². The number of hydrogen-bond acceptors (Lipinski definition) is 4. The van der Waals surface area contributed by atoms with Crippen molar-refractivity contribution in [3.8, 4) is 11.5 Å². The molecular weight excluding hydrogens is 276 g/mol. The van der Waals surface area contributed by atoms with Crippen LogP contribution in [0.5, 0.6) is 11.5 Å². The van der Waals surface area contributed by atoms with E-state index in [2.05, 4.69) is 23.2 Å². The Balaban J connectivity index is 1.44. The van der Waals surface area contributed by atoms with E-state index in [1.165, 1.54) is 44.5 Å². The van der Waals surface area contributed by atoms with Gasteiger partial charge in [0.1, 0.15) is 13.2 Å². The largest absolute Gasteiger partial charge is 0.486 e. The Hall–Kier alpha value is -1.26. The molecule has 2 heterocycles. The topological polar surface area (TPSA) is 33.7 Å². The van der Waals surface area contributed by atoms with Crippen molar-refractivity contribution < 1.29 is 9.47 Å². The Bertz CT molecular complexity index is 472. The van der Waals surface area contributed by atoms with E-state index in [0.717, 1.165) is 24.6 Å². The van der Waals surface area contributed by atoms with Gasteiger partial charge < -0.3 is 19.7 Å². The standard InChI is InChI=1S/C18H28N2O2/c1-15(14-20-8-3-2-4-9-20)12-19-13-16-6-5-7-17-18(16)22-11-10-21-17/h5-7,15,19H,2-4,8-14H2,1H3. The fourth-order valence-corrected chi connectivity index (χ4v) is 3.37. The summed E-state index contributed by atoms with van der Waals surface area (Å²) in [4.78, 5) is 2.61. The van der Waals surface area contributed by atoms with Crippen LogP contribution in [0, 0.1) is 5.92 Å². The summed E-state index contributed by atoms with van der Waals surface area (Å²) in [6.45, 7) is 9.29. The lowest BCUT2D eigenvalue weighted by Crippen LogP contribution is -2.36. The second-order valence-electron chi connectivity index (χ2n) is 6.54. The predicted molar refractivity (Wildman–Crippen MR) is 88.6 cm³/mol. The molecule has 1 aromatic carbocycles. The van der Waals surface area contributed by atoms with Crippen LogP contribution in [0.4, 0.5) is 0 Å². The predicted octanol–water partition coefficient (Wildman–Crippen LogP) is 2.67. The summed E-state index contributed by atoms with van der Waals surface area (Å²) in [7, 11) is 0. The summed E-state index contributed by atoms with van der Waals surface area (Å²) < 4.78 is 11.4. The van der Waals surface area contributed by atoms with E-state index < -0.39 is 0 Å². The zero-order valence-corrected chi connectivity index (χ0v) is 13.6. The highest BCUT2D eigenvalue weighted by atomic mass is 16.6. The number of fused-ring (bicyclic) bond motifs is 1. The second-order valence-corrected chi connectivity index (χ2v) is 6.54. The van der Waals surface area contributed by atoms with Crippen molar-refractivity contribution in [2.75, 3.05) is 39.4 Å². The molecule has 0 bridgehead atoms. The SMILES string of the molecule is CC(CNCc1cccc2c1OCCO2)CN1CCCCC1. The van der Waals surface area contributed by atoms with Crippen LogP contribution >= 0.6 is 0 Å². The first-order valence-corrected chi connectivity index (χ1v) is 8.63. The van der Waals surface area contributed by atoms with Gasteiger partial charge in [0, 0.05) is 18.7 Å². The minimum absolute atomic E-state index is 0.648. The molecule has 22 heavy (non-hydrogen) atoms. The smallest absolute Gasteiger partial charge is 0.165 e. The Morgan fingerprint density at radius 1 is 1.14 bits per heavy atom. The number of nitrogens with zero attached hydrogens (tertiary/aromatic N) is 1. The summed E-state index contributed by atoms with van der Waals surface area (Å²) in [5, 5.41) is 3.58. The molecule has 1 saturated heterocycles. The molecule has 0 radical (unpaired) electrons. The van der Waals surface area contributed by atoms with Crippen LogP contribution in [-0.4, -0.2) is 44.3 Å². The zero-order chi connectivity index (χ0) is 15.2. The van der Waals surface area contributed by atoms with Gasteiger partial charge in [0.05, 0.1) is 0 Å². The first kappa shape index (κ1) is 15.6. The Morgan fingerprint density at radius 3 is 2.82 bits per heavy atom. The van der Waals surface area contributed by atoms with Gasteiger partial charge in [-0.1, -0.05) is 25.5 Å². The van der Waals surface area contributed by atoms with Crippen LogP contribution in [0.1, 0.15) is 31.7 Å². The fraction of sp³-hybridized carbons (Fsp3) is 0.667. The number of rotatable bonds is 6. The molecule has 0 saturated carbocycles. The van der Waals surface area contributed by atoms with Crippen LogP contribution in [0.3, 0.4) is 0 Å². The lowest BCUT2D eigenvalue weighted by atomic mass is 10.1. The lowest BCUT2D eigenvalue weighted by Gasteiger charge is -2.29. The van der Waals surface area contributed by atoms with Crippen LogP contribution < -0.4 is 14.8 Å². The van der Waals surface area contributed by atoms with Gasteiger partial charge in [0.2, 0.25) is 0 Å². The van der Waals surface area contributed by atoms with E-state index in [0.29, 0.717) is 19.1 Å². The van der Waals surface area contributed by atoms with Gasteiger partial charge >= 0.3 is 0 Å². The Morgan fingerprint density at radius 2 is 1.95 bits per heavy atom. The molecule has 1 atom stereocenters. The number of piperidine rings is 1. The third-order valence-electron chi connectivity index (χ3n) is 4.47. The van der Waals surface area contributed by atoms with E-state index in [1.807, 2.05) is 12.1 Å². The van der Waals surface area contributed by atoms with Crippen molar-refractivity contribution in [2.24, 2.45) is 5.92 Å². The summed E-state index contributed by atoms with van der Waals surface area (Å²) in [6.07, 6.45) is 4.14. The Labute approximate surface area is 133 Å². The van der Waals surface area contributed by atoms with E-state index in [4.69, 9.17) is 9.47 Å². The first-order valence-electron chi connectivity index (χ1n) is 8.63. The number of likely N-dealkylation sites (tertiary alicyclic amines) is 1. The van der Waals surface area contributed by atoms with Crippen molar-refractivity contribution in [3.05, 3.63) is 23.8 Å². The van der Waals surface area contributed by atoms with Gasteiger partial charge in [-0.2, -0.15) is 0 Å². The van der Waals surface area contributed by atoms with Crippen molar-refractivity contribution in [1.82, 2.24) is 10.2 Å². The van der Waals surface area contributed by atoms with Gasteiger partial charge in [-0.25, -0.2) is 0 Å². The zero-order valence-electron chi connectivity index (χ0n) is 13.6. The highest BCUT2D eigenvalue weighted by Crippen LogP contribution is 2.33. The van der Waals surface area contributed by atoms with Crippen molar-refractivity contribution >= 4 is 0 Å². The van der Waals surface area contributed by atoms with E-state index in [9.17, 15) is 0 Å². The van der Waals surface area contributed by atoms with Crippen LogP contribution in [0.25, 0.3) is 0 Å². The molecule has 1 fully saturated rings. The minimum atomic E-state index is 0.648. The van der Waals surface area contributed by atoms with Crippen LogP contribution in [0.2, 0.25) is 0 Å². The molecule has 0 amide bonds. The Kier molecular flexibility index (Phi) is 5.57. The average Bonchev–Trinajstić information content (AvgIpc) is 2.56. The molecule has 1 unspecified atom stereocenters. The number of hydrogen-bond donors (Lipinski definition) is 1. The third kappa shape index (κ3) is 4.14. The molecule has 0 spiro atoms. The lowest BCUT2D eigenvalue weighted by molar-refractivity contribution is 0.169. The molecule has 4 heteroatoms. The normalized spacial score (nSPS) is 19.9. The molecule has 0 aromatic heterocycles. The fourth-order valence-electron chi connectivity index (χ4n) is 3.37.